The van der Waals surface area contributed by atoms with Crippen LogP contribution in [0.5, 0.6) is 0 Å². The molecule has 1 aromatic heterocycles. The zero-order valence-electron chi connectivity index (χ0n) is 10.2. The Labute approximate surface area is 108 Å². The minimum atomic E-state index is -0.854. The summed E-state index contributed by atoms with van der Waals surface area (Å²) < 4.78 is 2.40. The third-order valence-electron chi connectivity index (χ3n) is 3.32. The summed E-state index contributed by atoms with van der Waals surface area (Å²) in [7, 11) is 0. The van der Waals surface area contributed by atoms with Crippen molar-refractivity contribution in [1.82, 2.24) is 0 Å². The fourth-order valence-electron chi connectivity index (χ4n) is 2.44. The Hall–Kier alpha value is -1.87. The molecule has 0 aliphatic carbocycles. The van der Waals surface area contributed by atoms with Crippen LogP contribution in [0.25, 0.3) is 20.2 Å². The largest absolute Gasteiger partial charge is 0.478 e. The van der Waals surface area contributed by atoms with Gasteiger partial charge >= 0.3 is 5.97 Å². The number of hydrogen-bond acceptors (Lipinski definition) is 2. The molecule has 0 radical (unpaired) electrons. The van der Waals surface area contributed by atoms with E-state index in [2.05, 4.69) is 12.1 Å². The van der Waals surface area contributed by atoms with Crippen LogP contribution < -0.4 is 0 Å². The lowest BCUT2D eigenvalue weighted by atomic mass is 9.99. The first-order valence-corrected chi connectivity index (χ1v) is 6.56. The van der Waals surface area contributed by atoms with Gasteiger partial charge in [0.2, 0.25) is 0 Å². The van der Waals surface area contributed by atoms with Crippen LogP contribution in [0.4, 0.5) is 0 Å². The van der Waals surface area contributed by atoms with Gasteiger partial charge in [-0.3, -0.25) is 0 Å². The quantitative estimate of drug-likeness (QED) is 0.702. The first-order valence-electron chi connectivity index (χ1n) is 5.74. The average Bonchev–Trinajstić information content (AvgIpc) is 2.73. The average molecular weight is 256 g/mol. The number of fused-ring (bicyclic) bond motifs is 3. The van der Waals surface area contributed by atoms with Gasteiger partial charge in [0.1, 0.15) is 0 Å². The van der Waals surface area contributed by atoms with Gasteiger partial charge in [-0.05, 0) is 37.1 Å². The monoisotopic (exact) mass is 256 g/mol. The summed E-state index contributed by atoms with van der Waals surface area (Å²) in [6.07, 6.45) is 0. The second kappa shape index (κ2) is 3.82. The number of carboxylic acid groups (broad SMARTS) is 1. The Kier molecular flexibility index (Phi) is 2.38. The van der Waals surface area contributed by atoms with E-state index >= 15 is 0 Å². The third kappa shape index (κ3) is 1.44. The Morgan fingerprint density at radius 2 is 1.94 bits per heavy atom. The third-order valence-corrected chi connectivity index (χ3v) is 4.63. The number of hydrogen-bond donors (Lipinski definition) is 1. The molecule has 0 atom stereocenters. The maximum absolute atomic E-state index is 11.3. The molecule has 3 rings (SSSR count). The van der Waals surface area contributed by atoms with Crippen LogP contribution in [0.1, 0.15) is 21.5 Å². The molecule has 0 aliphatic heterocycles. The molecule has 0 spiro atoms. The summed E-state index contributed by atoms with van der Waals surface area (Å²) in [5.41, 5.74) is 2.30. The predicted octanol–water partition coefficient (Wildman–Crippen LogP) is 4.37. The summed E-state index contributed by atoms with van der Waals surface area (Å²) >= 11 is 1.73. The van der Waals surface area contributed by atoms with Crippen LogP contribution in [0.2, 0.25) is 0 Å². The topological polar surface area (TPSA) is 37.3 Å². The number of thiophene rings is 1. The van der Waals surface area contributed by atoms with E-state index in [9.17, 15) is 9.90 Å². The minimum absolute atomic E-state index is 0.406. The van der Waals surface area contributed by atoms with Crippen molar-refractivity contribution >= 4 is 37.5 Å². The standard InChI is InChI=1S/C15H12O2S/c1-8-7-11(15(16)17)9(2)13-10-5-3-4-6-12(10)18-14(8)13/h3-7H,1-2H3,(H,16,17). The first-order chi connectivity index (χ1) is 8.59. The number of carboxylic acids is 1. The molecular weight excluding hydrogens is 244 g/mol. The molecule has 0 unspecified atom stereocenters. The highest BCUT2D eigenvalue weighted by Crippen LogP contribution is 2.38. The van der Waals surface area contributed by atoms with Crippen LogP contribution in [-0.4, -0.2) is 11.1 Å². The van der Waals surface area contributed by atoms with E-state index in [0.717, 1.165) is 21.9 Å². The Morgan fingerprint density at radius 3 is 2.67 bits per heavy atom. The lowest BCUT2D eigenvalue weighted by molar-refractivity contribution is 0.0696. The van der Waals surface area contributed by atoms with Crippen LogP contribution in [0.3, 0.4) is 0 Å². The highest BCUT2D eigenvalue weighted by Gasteiger charge is 2.16. The van der Waals surface area contributed by atoms with Crippen molar-refractivity contribution < 1.29 is 9.90 Å². The molecule has 0 aliphatic rings. The normalized spacial score (nSPS) is 11.2. The van der Waals surface area contributed by atoms with E-state index < -0.39 is 5.97 Å². The first kappa shape index (κ1) is 11.2. The molecule has 90 valence electrons. The van der Waals surface area contributed by atoms with Gasteiger partial charge in [-0.2, -0.15) is 0 Å². The van der Waals surface area contributed by atoms with Crippen molar-refractivity contribution in [3.8, 4) is 0 Å². The van der Waals surface area contributed by atoms with E-state index in [4.69, 9.17) is 0 Å². The summed E-state index contributed by atoms with van der Waals surface area (Å²) in [5.74, 6) is -0.854. The van der Waals surface area contributed by atoms with E-state index in [1.165, 1.54) is 9.40 Å². The molecule has 0 saturated carbocycles. The molecule has 18 heavy (non-hydrogen) atoms. The molecular formula is C15H12O2S. The van der Waals surface area contributed by atoms with Crippen molar-refractivity contribution in [1.29, 1.82) is 0 Å². The second-order valence-electron chi connectivity index (χ2n) is 4.47. The van der Waals surface area contributed by atoms with Gasteiger partial charge in [-0.25, -0.2) is 4.79 Å². The fraction of sp³-hybridized carbons (Fsp3) is 0.133. The number of carbonyl (C=O) groups is 1. The summed E-state index contributed by atoms with van der Waals surface area (Å²) in [5, 5.41) is 11.5. The van der Waals surface area contributed by atoms with Crippen molar-refractivity contribution in [2.75, 3.05) is 0 Å². The van der Waals surface area contributed by atoms with E-state index in [1.807, 2.05) is 26.0 Å². The van der Waals surface area contributed by atoms with Gasteiger partial charge in [0, 0.05) is 20.2 Å². The summed E-state index contributed by atoms with van der Waals surface area (Å²) in [4.78, 5) is 11.3. The lowest BCUT2D eigenvalue weighted by Gasteiger charge is -2.05. The van der Waals surface area contributed by atoms with Crippen LogP contribution in [0, 0.1) is 13.8 Å². The van der Waals surface area contributed by atoms with Crippen molar-refractivity contribution in [2.45, 2.75) is 13.8 Å². The molecule has 3 heteroatoms. The fourth-order valence-corrected chi connectivity index (χ4v) is 3.67. The van der Waals surface area contributed by atoms with Crippen LogP contribution in [0.15, 0.2) is 30.3 Å². The molecule has 0 amide bonds. The predicted molar refractivity (Wildman–Crippen MR) is 75.8 cm³/mol. The Bertz CT molecular complexity index is 784. The number of aryl methyl sites for hydroxylation is 2. The van der Waals surface area contributed by atoms with Gasteiger partial charge in [0.05, 0.1) is 5.56 Å². The second-order valence-corrected chi connectivity index (χ2v) is 5.53. The SMILES string of the molecule is Cc1cc(C(=O)O)c(C)c2c1sc1ccccc12. The van der Waals surface area contributed by atoms with Crippen molar-refractivity contribution in [3.05, 3.63) is 47.0 Å². The maximum atomic E-state index is 11.3. The highest BCUT2D eigenvalue weighted by atomic mass is 32.1. The van der Waals surface area contributed by atoms with Crippen molar-refractivity contribution in [2.24, 2.45) is 0 Å². The zero-order chi connectivity index (χ0) is 12.9. The molecule has 0 bridgehead atoms. The van der Waals surface area contributed by atoms with Gasteiger partial charge in [0.25, 0.3) is 0 Å². The van der Waals surface area contributed by atoms with Crippen molar-refractivity contribution in [3.63, 3.8) is 0 Å². The van der Waals surface area contributed by atoms with Gasteiger partial charge < -0.3 is 5.11 Å². The van der Waals surface area contributed by atoms with E-state index in [0.29, 0.717) is 5.56 Å². The molecule has 0 saturated heterocycles. The van der Waals surface area contributed by atoms with E-state index in [1.54, 1.807) is 17.4 Å². The lowest BCUT2D eigenvalue weighted by Crippen LogP contribution is -2.00. The number of rotatable bonds is 1. The van der Waals surface area contributed by atoms with Gasteiger partial charge in [0.15, 0.2) is 0 Å². The Morgan fingerprint density at radius 1 is 1.22 bits per heavy atom. The highest BCUT2D eigenvalue weighted by molar-refractivity contribution is 7.26. The van der Waals surface area contributed by atoms with Crippen LogP contribution in [-0.2, 0) is 0 Å². The van der Waals surface area contributed by atoms with Crippen LogP contribution >= 0.6 is 11.3 Å². The Balaban J connectivity index is 2.58. The maximum Gasteiger partial charge on any atom is 0.335 e. The molecule has 2 nitrogen and oxygen atoms in total. The minimum Gasteiger partial charge on any atom is -0.478 e. The van der Waals surface area contributed by atoms with Gasteiger partial charge in [-0.15, -0.1) is 11.3 Å². The molecule has 3 aromatic rings. The van der Waals surface area contributed by atoms with Gasteiger partial charge in [-0.1, -0.05) is 18.2 Å². The zero-order valence-corrected chi connectivity index (χ0v) is 11.0. The number of aromatic carboxylic acids is 1. The van der Waals surface area contributed by atoms with E-state index in [-0.39, 0.29) is 0 Å². The molecule has 2 aromatic carbocycles. The number of benzene rings is 2. The summed E-state index contributed by atoms with van der Waals surface area (Å²) in [6.45, 7) is 3.87. The smallest absolute Gasteiger partial charge is 0.335 e. The summed E-state index contributed by atoms with van der Waals surface area (Å²) in [6, 6.07) is 9.93. The molecule has 1 heterocycles. The molecule has 0 fully saturated rings. The molecule has 1 N–H and O–H groups in total.